The Morgan fingerprint density at radius 1 is 1.59 bits per heavy atom. The summed E-state index contributed by atoms with van der Waals surface area (Å²) >= 11 is 3.33. The van der Waals surface area contributed by atoms with E-state index in [1.807, 2.05) is 6.92 Å². The van der Waals surface area contributed by atoms with Crippen molar-refractivity contribution in [1.82, 2.24) is 5.32 Å². The minimum Gasteiger partial charge on any atom is -0.383 e. The van der Waals surface area contributed by atoms with Gasteiger partial charge < -0.3 is 10.1 Å². The fraction of sp³-hybridized carbons (Fsp3) is 0.455. The van der Waals surface area contributed by atoms with E-state index in [0.717, 1.165) is 10.0 Å². The van der Waals surface area contributed by atoms with Crippen molar-refractivity contribution in [2.24, 2.45) is 0 Å². The van der Waals surface area contributed by atoms with E-state index in [2.05, 4.69) is 21.2 Å². The minimum atomic E-state index is -0.407. The molecule has 1 rings (SSSR count). The molecular weight excluding hydrogens is 288 g/mol. The second-order valence-corrected chi connectivity index (χ2v) is 4.62. The minimum absolute atomic E-state index is 0.0885. The van der Waals surface area contributed by atoms with Crippen molar-refractivity contribution in [1.29, 1.82) is 0 Å². The van der Waals surface area contributed by atoms with Crippen molar-refractivity contribution in [3.05, 3.63) is 38.3 Å². The van der Waals surface area contributed by atoms with Crippen molar-refractivity contribution in [2.45, 2.75) is 19.5 Å². The summed E-state index contributed by atoms with van der Waals surface area (Å²) < 4.78 is 5.75. The van der Waals surface area contributed by atoms with E-state index in [1.165, 1.54) is 12.1 Å². The number of non-ortho nitro benzene ring substituents is 1. The standard InChI is InChI=1S/C11H15BrN2O3/c1-8(7-17-2)13-6-9-3-4-10(14(15)16)5-11(9)12/h3-5,8,13H,6-7H2,1-2H3. The smallest absolute Gasteiger partial charge is 0.270 e. The normalized spacial score (nSPS) is 12.4. The molecule has 0 spiro atoms. The molecule has 1 aromatic carbocycles. The van der Waals surface area contributed by atoms with Gasteiger partial charge in [0.15, 0.2) is 0 Å². The number of nitrogens with one attached hydrogen (secondary N) is 1. The van der Waals surface area contributed by atoms with Crippen LogP contribution in [0.1, 0.15) is 12.5 Å². The van der Waals surface area contributed by atoms with E-state index in [1.54, 1.807) is 13.2 Å². The van der Waals surface area contributed by atoms with Gasteiger partial charge in [0.2, 0.25) is 0 Å². The number of halogens is 1. The highest BCUT2D eigenvalue weighted by Crippen LogP contribution is 2.22. The quantitative estimate of drug-likeness (QED) is 0.648. The largest absolute Gasteiger partial charge is 0.383 e. The molecule has 0 aliphatic rings. The first-order valence-electron chi connectivity index (χ1n) is 5.19. The first kappa shape index (κ1) is 14.1. The highest BCUT2D eigenvalue weighted by molar-refractivity contribution is 9.10. The Labute approximate surface area is 108 Å². The molecule has 0 heterocycles. The van der Waals surface area contributed by atoms with Crippen molar-refractivity contribution in [3.8, 4) is 0 Å². The molecule has 0 saturated heterocycles. The molecule has 0 aliphatic heterocycles. The maximum atomic E-state index is 10.6. The van der Waals surface area contributed by atoms with Crippen molar-refractivity contribution in [2.75, 3.05) is 13.7 Å². The van der Waals surface area contributed by atoms with Crippen LogP contribution in [0.5, 0.6) is 0 Å². The predicted molar refractivity (Wildman–Crippen MR) is 69.0 cm³/mol. The second kappa shape index (κ2) is 6.68. The molecule has 0 aliphatic carbocycles. The number of nitrogens with zero attached hydrogens (tertiary/aromatic N) is 1. The Morgan fingerprint density at radius 3 is 2.82 bits per heavy atom. The van der Waals surface area contributed by atoms with Crippen LogP contribution in [0.2, 0.25) is 0 Å². The lowest BCUT2D eigenvalue weighted by Crippen LogP contribution is -2.29. The zero-order valence-electron chi connectivity index (χ0n) is 9.77. The van der Waals surface area contributed by atoms with E-state index in [0.29, 0.717) is 13.2 Å². The Morgan fingerprint density at radius 2 is 2.29 bits per heavy atom. The van der Waals surface area contributed by atoms with E-state index in [4.69, 9.17) is 4.74 Å². The number of benzene rings is 1. The van der Waals surface area contributed by atoms with Crippen molar-refractivity contribution < 1.29 is 9.66 Å². The SMILES string of the molecule is COCC(C)NCc1ccc([N+](=O)[O-])cc1Br. The molecule has 1 N–H and O–H groups in total. The molecule has 0 fully saturated rings. The summed E-state index contributed by atoms with van der Waals surface area (Å²) in [6.07, 6.45) is 0. The molecule has 1 atom stereocenters. The summed E-state index contributed by atoms with van der Waals surface area (Å²) in [5.41, 5.74) is 1.07. The number of methoxy groups -OCH3 is 1. The lowest BCUT2D eigenvalue weighted by molar-refractivity contribution is -0.384. The summed E-state index contributed by atoms with van der Waals surface area (Å²) in [5.74, 6) is 0. The van der Waals surface area contributed by atoms with E-state index >= 15 is 0 Å². The lowest BCUT2D eigenvalue weighted by atomic mass is 10.2. The van der Waals surface area contributed by atoms with Gasteiger partial charge in [-0.2, -0.15) is 0 Å². The van der Waals surface area contributed by atoms with Gasteiger partial charge >= 0.3 is 0 Å². The zero-order valence-corrected chi connectivity index (χ0v) is 11.4. The highest BCUT2D eigenvalue weighted by atomic mass is 79.9. The fourth-order valence-corrected chi connectivity index (χ4v) is 1.89. The maximum Gasteiger partial charge on any atom is 0.270 e. The number of nitro benzene ring substituents is 1. The van der Waals surface area contributed by atoms with E-state index < -0.39 is 4.92 Å². The number of ether oxygens (including phenoxy) is 1. The number of hydrogen-bond donors (Lipinski definition) is 1. The van der Waals surface area contributed by atoms with Crippen LogP contribution in [0.25, 0.3) is 0 Å². The molecule has 0 aromatic heterocycles. The summed E-state index contributed by atoms with van der Waals surface area (Å²) in [4.78, 5) is 10.2. The van der Waals surface area contributed by atoms with Crippen molar-refractivity contribution >= 4 is 21.6 Å². The second-order valence-electron chi connectivity index (χ2n) is 3.77. The third kappa shape index (κ3) is 4.41. The molecular formula is C11H15BrN2O3. The number of nitro groups is 1. The molecule has 17 heavy (non-hydrogen) atoms. The van der Waals surface area contributed by atoms with Crippen LogP contribution in [-0.2, 0) is 11.3 Å². The van der Waals surface area contributed by atoms with Crippen LogP contribution >= 0.6 is 15.9 Å². The maximum absolute atomic E-state index is 10.6. The first-order chi connectivity index (χ1) is 8.04. The molecule has 94 valence electrons. The molecule has 0 amide bonds. The van der Waals surface area contributed by atoms with Gasteiger partial charge in [-0.25, -0.2) is 0 Å². The number of hydrogen-bond acceptors (Lipinski definition) is 4. The Hall–Kier alpha value is -0.980. The van der Waals surface area contributed by atoms with Crippen LogP contribution in [-0.4, -0.2) is 24.7 Å². The summed E-state index contributed by atoms with van der Waals surface area (Å²) in [6.45, 7) is 3.29. The van der Waals surface area contributed by atoms with Gasteiger partial charge in [0, 0.05) is 36.3 Å². The van der Waals surface area contributed by atoms with Crippen LogP contribution in [0.4, 0.5) is 5.69 Å². The van der Waals surface area contributed by atoms with Gasteiger partial charge in [-0.05, 0) is 18.6 Å². The van der Waals surface area contributed by atoms with E-state index in [9.17, 15) is 10.1 Å². The van der Waals surface area contributed by atoms with Gasteiger partial charge in [-0.3, -0.25) is 10.1 Å². The molecule has 0 bridgehead atoms. The molecule has 6 heteroatoms. The van der Waals surface area contributed by atoms with E-state index in [-0.39, 0.29) is 11.7 Å². The molecule has 0 radical (unpaired) electrons. The number of rotatable bonds is 6. The molecule has 5 nitrogen and oxygen atoms in total. The van der Waals surface area contributed by atoms with Crippen LogP contribution < -0.4 is 5.32 Å². The lowest BCUT2D eigenvalue weighted by Gasteiger charge is -2.13. The Bertz CT molecular complexity index is 398. The summed E-state index contributed by atoms with van der Waals surface area (Å²) in [6, 6.07) is 5.00. The summed E-state index contributed by atoms with van der Waals surface area (Å²) in [5, 5.41) is 13.8. The molecule has 0 saturated carbocycles. The van der Waals surface area contributed by atoms with Crippen LogP contribution in [0.3, 0.4) is 0 Å². The van der Waals surface area contributed by atoms with Crippen molar-refractivity contribution in [3.63, 3.8) is 0 Å². The highest BCUT2D eigenvalue weighted by Gasteiger charge is 2.09. The monoisotopic (exact) mass is 302 g/mol. The Balaban J connectivity index is 2.63. The average Bonchev–Trinajstić information content (AvgIpc) is 2.27. The predicted octanol–water partition coefficient (Wildman–Crippen LogP) is 2.48. The molecule has 1 aromatic rings. The van der Waals surface area contributed by atoms with Gasteiger partial charge in [0.25, 0.3) is 5.69 Å². The van der Waals surface area contributed by atoms with Crippen LogP contribution in [0, 0.1) is 10.1 Å². The topological polar surface area (TPSA) is 64.4 Å². The van der Waals surface area contributed by atoms with Gasteiger partial charge in [0.1, 0.15) is 0 Å². The van der Waals surface area contributed by atoms with Gasteiger partial charge in [0.05, 0.1) is 11.5 Å². The fourth-order valence-electron chi connectivity index (χ4n) is 1.39. The van der Waals surface area contributed by atoms with Gasteiger partial charge in [-0.1, -0.05) is 15.9 Å². The summed E-state index contributed by atoms with van der Waals surface area (Å²) in [7, 11) is 1.65. The average molecular weight is 303 g/mol. The zero-order chi connectivity index (χ0) is 12.8. The van der Waals surface area contributed by atoms with Gasteiger partial charge in [-0.15, -0.1) is 0 Å². The molecule has 1 unspecified atom stereocenters. The third-order valence-corrected chi connectivity index (χ3v) is 3.04. The Kier molecular flexibility index (Phi) is 5.54. The third-order valence-electron chi connectivity index (χ3n) is 2.31. The first-order valence-corrected chi connectivity index (χ1v) is 5.99. The van der Waals surface area contributed by atoms with Crippen LogP contribution in [0.15, 0.2) is 22.7 Å².